The molecule has 7 heteroatoms. The fraction of sp³-hybridized carbons (Fsp3) is 0.133. The Hall–Kier alpha value is -2.57. The molecule has 0 aliphatic carbocycles. The average Bonchev–Trinajstić information content (AvgIpc) is 2.36. The van der Waals surface area contributed by atoms with Gasteiger partial charge >= 0.3 is 6.36 Å². The number of carbonyl (C=O) groups is 1. The first-order valence-electron chi connectivity index (χ1n) is 6.22. The van der Waals surface area contributed by atoms with E-state index in [1.807, 2.05) is 0 Å². The number of alkyl halides is 3. The molecule has 0 bridgehead atoms. The largest absolute Gasteiger partial charge is 0.573 e. The summed E-state index contributed by atoms with van der Waals surface area (Å²) in [6, 6.07) is 10.4. The van der Waals surface area contributed by atoms with Gasteiger partial charge in [-0.1, -0.05) is 18.2 Å². The Morgan fingerprint density at radius 3 is 2.50 bits per heavy atom. The highest BCUT2D eigenvalue weighted by Gasteiger charge is 2.31. The molecule has 0 heterocycles. The number of amides is 1. The van der Waals surface area contributed by atoms with Crippen molar-refractivity contribution in [3.63, 3.8) is 0 Å². The van der Waals surface area contributed by atoms with E-state index in [4.69, 9.17) is 0 Å². The summed E-state index contributed by atoms with van der Waals surface area (Å²) >= 11 is 0. The van der Waals surface area contributed by atoms with Crippen molar-refractivity contribution in [1.82, 2.24) is 0 Å². The minimum Gasteiger partial charge on any atom is -0.406 e. The Morgan fingerprint density at radius 1 is 1.09 bits per heavy atom. The predicted octanol–water partition coefficient (Wildman–Crippen LogP) is 3.91. The number of anilines is 1. The van der Waals surface area contributed by atoms with Crippen molar-refractivity contribution in [1.29, 1.82) is 0 Å². The van der Waals surface area contributed by atoms with Crippen molar-refractivity contribution in [2.75, 3.05) is 5.32 Å². The van der Waals surface area contributed by atoms with Crippen LogP contribution >= 0.6 is 0 Å². The second-order valence-corrected chi connectivity index (χ2v) is 4.43. The lowest BCUT2D eigenvalue weighted by atomic mass is 10.1. The van der Waals surface area contributed by atoms with Gasteiger partial charge in [-0.2, -0.15) is 0 Å². The zero-order valence-corrected chi connectivity index (χ0v) is 11.2. The van der Waals surface area contributed by atoms with Crippen LogP contribution in [0.5, 0.6) is 5.75 Å². The quantitative estimate of drug-likeness (QED) is 0.869. The van der Waals surface area contributed by atoms with Crippen LogP contribution in [0.1, 0.15) is 5.56 Å². The van der Waals surface area contributed by atoms with Crippen molar-refractivity contribution in [3.05, 3.63) is 59.9 Å². The SMILES string of the molecule is O=C(Cc1cccc(F)c1)Nc1cccc(OC(F)(F)F)c1. The smallest absolute Gasteiger partial charge is 0.406 e. The number of benzene rings is 2. The summed E-state index contributed by atoms with van der Waals surface area (Å²) in [5, 5.41) is 2.43. The maximum Gasteiger partial charge on any atom is 0.573 e. The van der Waals surface area contributed by atoms with Gasteiger partial charge in [0.05, 0.1) is 6.42 Å². The molecule has 0 saturated carbocycles. The van der Waals surface area contributed by atoms with Crippen LogP contribution in [0.4, 0.5) is 23.2 Å². The highest BCUT2D eigenvalue weighted by Crippen LogP contribution is 2.25. The van der Waals surface area contributed by atoms with Crippen molar-refractivity contribution >= 4 is 11.6 Å². The van der Waals surface area contributed by atoms with Crippen LogP contribution in [0, 0.1) is 5.82 Å². The van der Waals surface area contributed by atoms with E-state index in [0.717, 1.165) is 12.1 Å². The van der Waals surface area contributed by atoms with Crippen LogP contribution in [0.2, 0.25) is 0 Å². The molecule has 1 N–H and O–H groups in total. The van der Waals surface area contributed by atoms with Gasteiger partial charge in [-0.3, -0.25) is 4.79 Å². The minimum absolute atomic E-state index is 0.0951. The van der Waals surface area contributed by atoms with Crippen molar-refractivity contribution in [3.8, 4) is 5.75 Å². The second-order valence-electron chi connectivity index (χ2n) is 4.43. The lowest BCUT2D eigenvalue weighted by molar-refractivity contribution is -0.274. The number of halogens is 4. The minimum atomic E-state index is -4.80. The lowest BCUT2D eigenvalue weighted by Gasteiger charge is -2.10. The second kappa shape index (κ2) is 6.46. The van der Waals surface area contributed by atoms with E-state index in [1.54, 1.807) is 6.07 Å². The van der Waals surface area contributed by atoms with Gasteiger partial charge in [0, 0.05) is 11.8 Å². The number of hydrogen-bond acceptors (Lipinski definition) is 2. The van der Waals surface area contributed by atoms with Crippen LogP contribution in [-0.4, -0.2) is 12.3 Å². The third-order valence-corrected chi connectivity index (χ3v) is 2.61. The molecule has 0 unspecified atom stereocenters. The van der Waals surface area contributed by atoms with E-state index in [1.165, 1.54) is 30.3 Å². The van der Waals surface area contributed by atoms with Crippen molar-refractivity contribution < 1.29 is 27.1 Å². The number of rotatable bonds is 4. The Labute approximate surface area is 123 Å². The monoisotopic (exact) mass is 313 g/mol. The van der Waals surface area contributed by atoms with Gasteiger partial charge < -0.3 is 10.1 Å². The van der Waals surface area contributed by atoms with E-state index < -0.39 is 23.8 Å². The van der Waals surface area contributed by atoms with E-state index in [2.05, 4.69) is 10.1 Å². The zero-order valence-electron chi connectivity index (χ0n) is 11.2. The van der Waals surface area contributed by atoms with Gasteiger partial charge in [0.2, 0.25) is 5.91 Å². The first kappa shape index (κ1) is 15.8. The number of carbonyl (C=O) groups excluding carboxylic acids is 1. The molecule has 0 aliphatic rings. The summed E-state index contributed by atoms with van der Waals surface area (Å²) in [7, 11) is 0. The summed E-state index contributed by atoms with van der Waals surface area (Å²) in [6.45, 7) is 0. The maximum absolute atomic E-state index is 13.0. The molecule has 22 heavy (non-hydrogen) atoms. The summed E-state index contributed by atoms with van der Waals surface area (Å²) in [4.78, 5) is 11.8. The molecular formula is C15H11F4NO2. The van der Waals surface area contributed by atoms with Crippen molar-refractivity contribution in [2.24, 2.45) is 0 Å². The van der Waals surface area contributed by atoms with Gasteiger partial charge in [0.25, 0.3) is 0 Å². The highest BCUT2D eigenvalue weighted by molar-refractivity contribution is 5.92. The number of ether oxygens (including phenoxy) is 1. The molecule has 2 aromatic carbocycles. The molecule has 1 amide bonds. The Balaban J connectivity index is 2.01. The summed E-state index contributed by atoms with van der Waals surface area (Å²) in [6.07, 6.45) is -4.90. The molecule has 2 aromatic rings. The summed E-state index contributed by atoms with van der Waals surface area (Å²) in [5.41, 5.74) is 0.614. The first-order valence-corrected chi connectivity index (χ1v) is 6.22. The molecule has 0 atom stereocenters. The Kier molecular flexibility index (Phi) is 4.65. The molecule has 0 spiro atoms. The molecule has 0 radical (unpaired) electrons. The fourth-order valence-electron chi connectivity index (χ4n) is 1.81. The maximum atomic E-state index is 13.0. The van der Waals surface area contributed by atoms with Crippen LogP contribution in [0.3, 0.4) is 0 Å². The van der Waals surface area contributed by atoms with Gasteiger partial charge in [-0.25, -0.2) is 4.39 Å². The van der Waals surface area contributed by atoms with Crippen LogP contribution in [0.15, 0.2) is 48.5 Å². The molecule has 3 nitrogen and oxygen atoms in total. The molecule has 0 saturated heterocycles. The van der Waals surface area contributed by atoms with Crippen molar-refractivity contribution in [2.45, 2.75) is 12.8 Å². The summed E-state index contributed by atoms with van der Waals surface area (Å²) < 4.78 is 53.1. The summed E-state index contributed by atoms with van der Waals surface area (Å²) in [5.74, 6) is -1.38. The van der Waals surface area contributed by atoms with Gasteiger partial charge in [0.15, 0.2) is 0 Å². The van der Waals surface area contributed by atoms with Gasteiger partial charge in [0.1, 0.15) is 11.6 Å². The van der Waals surface area contributed by atoms with Crippen LogP contribution in [-0.2, 0) is 11.2 Å². The highest BCUT2D eigenvalue weighted by atomic mass is 19.4. The molecule has 0 aliphatic heterocycles. The number of nitrogens with one attached hydrogen (secondary N) is 1. The molecule has 116 valence electrons. The lowest BCUT2D eigenvalue weighted by Crippen LogP contribution is -2.18. The zero-order chi connectivity index (χ0) is 16.2. The molecular weight excluding hydrogens is 302 g/mol. The first-order chi connectivity index (χ1) is 10.3. The third-order valence-electron chi connectivity index (χ3n) is 2.61. The van der Waals surface area contributed by atoms with Crippen LogP contribution in [0.25, 0.3) is 0 Å². The van der Waals surface area contributed by atoms with E-state index in [0.29, 0.717) is 5.56 Å². The number of hydrogen-bond donors (Lipinski definition) is 1. The van der Waals surface area contributed by atoms with Gasteiger partial charge in [-0.15, -0.1) is 13.2 Å². The predicted molar refractivity (Wildman–Crippen MR) is 71.9 cm³/mol. The standard InChI is InChI=1S/C15H11F4NO2/c16-11-4-1-3-10(7-11)8-14(21)20-12-5-2-6-13(9-12)22-15(17,18)19/h1-7,9H,8H2,(H,20,21). The molecule has 0 fully saturated rings. The van der Waals surface area contributed by atoms with Crippen LogP contribution < -0.4 is 10.1 Å². The molecule has 2 rings (SSSR count). The van der Waals surface area contributed by atoms with E-state index in [9.17, 15) is 22.4 Å². The fourth-order valence-corrected chi connectivity index (χ4v) is 1.81. The Bertz CT molecular complexity index is 671. The molecule has 0 aromatic heterocycles. The normalized spacial score (nSPS) is 11.1. The Morgan fingerprint density at radius 2 is 1.82 bits per heavy atom. The van der Waals surface area contributed by atoms with E-state index in [-0.39, 0.29) is 12.1 Å². The third kappa shape index (κ3) is 5.08. The van der Waals surface area contributed by atoms with E-state index >= 15 is 0 Å². The van der Waals surface area contributed by atoms with Gasteiger partial charge in [-0.05, 0) is 29.8 Å². The average molecular weight is 313 g/mol. The topological polar surface area (TPSA) is 38.3 Å².